The molecule has 27 heavy (non-hydrogen) atoms. The summed E-state index contributed by atoms with van der Waals surface area (Å²) < 4.78 is 9.71. The van der Waals surface area contributed by atoms with Gasteiger partial charge in [0.05, 0.1) is 31.0 Å². The number of hydrogen-bond acceptors (Lipinski definition) is 9. The molecule has 144 valence electrons. The van der Waals surface area contributed by atoms with E-state index in [1.165, 1.54) is 26.4 Å². The Labute approximate surface area is 157 Å². The first-order valence-electron chi connectivity index (χ1n) is 8.72. The molecule has 0 radical (unpaired) electrons. The molecule has 1 saturated carbocycles. The number of nitrogens with zero attached hydrogens (tertiary/aromatic N) is 3. The summed E-state index contributed by atoms with van der Waals surface area (Å²) in [5.74, 6) is -0.852. The molecular formula is C18H23N5O4. The number of carbonyl (C=O) groups is 2. The molecule has 0 saturated heterocycles. The van der Waals surface area contributed by atoms with E-state index in [0.717, 1.165) is 19.3 Å². The fraction of sp³-hybridized carbons (Fsp3) is 0.444. The Kier molecular flexibility index (Phi) is 5.02. The minimum Gasteiger partial charge on any atom is -0.465 e. The summed E-state index contributed by atoms with van der Waals surface area (Å²) in [6, 6.07) is 4.57. The van der Waals surface area contributed by atoms with Crippen molar-refractivity contribution in [1.82, 2.24) is 0 Å². The summed E-state index contributed by atoms with van der Waals surface area (Å²) in [6.07, 6.45) is 4.35. The third-order valence-corrected chi connectivity index (χ3v) is 4.92. The molecule has 9 nitrogen and oxygen atoms in total. The van der Waals surface area contributed by atoms with Crippen molar-refractivity contribution < 1.29 is 19.1 Å². The molecule has 1 aliphatic carbocycles. The van der Waals surface area contributed by atoms with Gasteiger partial charge in [0.25, 0.3) is 0 Å². The average Bonchev–Trinajstić information content (AvgIpc) is 2.66. The molecular weight excluding hydrogens is 350 g/mol. The third-order valence-electron chi connectivity index (χ3n) is 4.92. The van der Waals surface area contributed by atoms with Crippen molar-refractivity contribution in [2.75, 3.05) is 19.1 Å². The van der Waals surface area contributed by atoms with Gasteiger partial charge in [0, 0.05) is 0 Å². The van der Waals surface area contributed by atoms with Crippen molar-refractivity contribution in [3.63, 3.8) is 0 Å². The van der Waals surface area contributed by atoms with Crippen molar-refractivity contribution in [1.29, 1.82) is 0 Å². The van der Waals surface area contributed by atoms with Crippen molar-refractivity contribution >= 4 is 29.5 Å². The molecule has 9 heteroatoms. The lowest BCUT2D eigenvalue weighted by Crippen LogP contribution is -2.58. The summed E-state index contributed by atoms with van der Waals surface area (Å²) in [6.45, 7) is 0. The number of methoxy groups -OCH3 is 2. The molecule has 1 fully saturated rings. The zero-order chi connectivity index (χ0) is 19.6. The van der Waals surface area contributed by atoms with Crippen LogP contribution in [0.4, 0.5) is 5.69 Å². The van der Waals surface area contributed by atoms with Crippen molar-refractivity contribution in [2.24, 2.45) is 21.5 Å². The number of rotatable bonds is 3. The van der Waals surface area contributed by atoms with E-state index >= 15 is 0 Å². The molecule has 1 aromatic rings. The number of hydrogen-bond donors (Lipinski definition) is 2. The molecule has 0 unspecified atom stereocenters. The second-order valence-corrected chi connectivity index (χ2v) is 6.53. The largest absolute Gasteiger partial charge is 0.465 e. The smallest absolute Gasteiger partial charge is 0.339 e. The van der Waals surface area contributed by atoms with E-state index in [2.05, 4.69) is 9.98 Å². The molecule has 4 N–H and O–H groups in total. The van der Waals surface area contributed by atoms with E-state index in [0.29, 0.717) is 18.5 Å². The summed E-state index contributed by atoms with van der Waals surface area (Å²) in [5, 5.41) is 0. The predicted octanol–water partition coefficient (Wildman–Crippen LogP) is 1.37. The van der Waals surface area contributed by atoms with E-state index in [1.807, 2.05) is 0 Å². The molecule has 1 heterocycles. The first-order chi connectivity index (χ1) is 12.9. The van der Waals surface area contributed by atoms with Crippen molar-refractivity contribution in [3.8, 4) is 0 Å². The van der Waals surface area contributed by atoms with Gasteiger partial charge in [-0.05, 0) is 43.9 Å². The normalized spacial score (nSPS) is 18.5. The molecule has 1 spiro atoms. The summed E-state index contributed by atoms with van der Waals surface area (Å²) in [7, 11) is 2.58. The molecule has 0 amide bonds. The van der Waals surface area contributed by atoms with Gasteiger partial charge < -0.3 is 20.9 Å². The minimum absolute atomic E-state index is 0.106. The highest BCUT2D eigenvalue weighted by Crippen LogP contribution is 2.41. The van der Waals surface area contributed by atoms with Crippen LogP contribution in [0.5, 0.6) is 0 Å². The third kappa shape index (κ3) is 3.32. The first-order valence-corrected chi connectivity index (χ1v) is 8.72. The minimum atomic E-state index is -0.744. The number of anilines is 1. The highest BCUT2D eigenvalue weighted by molar-refractivity contribution is 6.10. The van der Waals surface area contributed by atoms with Crippen LogP contribution in [-0.4, -0.2) is 43.7 Å². The summed E-state index contributed by atoms with van der Waals surface area (Å²) >= 11 is 0. The van der Waals surface area contributed by atoms with Crippen molar-refractivity contribution in [2.45, 2.75) is 37.8 Å². The zero-order valence-electron chi connectivity index (χ0n) is 15.4. The number of nitrogens with two attached hydrogens (primary N) is 2. The highest BCUT2D eigenvalue weighted by Gasteiger charge is 2.44. The Morgan fingerprint density at radius 3 is 2.37 bits per heavy atom. The van der Waals surface area contributed by atoms with Gasteiger partial charge in [-0.2, -0.15) is 4.99 Å². The van der Waals surface area contributed by atoms with Crippen molar-refractivity contribution in [3.05, 3.63) is 29.3 Å². The van der Waals surface area contributed by atoms with E-state index in [9.17, 15) is 9.59 Å². The van der Waals surface area contributed by atoms with Gasteiger partial charge in [-0.25, -0.2) is 14.6 Å². The Morgan fingerprint density at radius 1 is 1.07 bits per heavy atom. The first kappa shape index (κ1) is 18.7. The Balaban J connectivity index is 2.20. The zero-order valence-corrected chi connectivity index (χ0v) is 15.4. The van der Waals surface area contributed by atoms with Crippen LogP contribution in [0.25, 0.3) is 0 Å². The van der Waals surface area contributed by atoms with Crippen LogP contribution in [-0.2, 0) is 9.47 Å². The molecule has 0 atom stereocenters. The molecule has 0 aromatic heterocycles. The Morgan fingerprint density at radius 2 is 1.74 bits per heavy atom. The molecule has 1 aromatic carbocycles. The lowest BCUT2D eigenvalue weighted by Gasteiger charge is -2.46. The fourth-order valence-electron chi connectivity index (χ4n) is 3.71. The predicted molar refractivity (Wildman–Crippen MR) is 101 cm³/mol. The maximum atomic E-state index is 12.4. The molecule has 2 aliphatic rings. The molecule has 1 aliphatic heterocycles. The van der Waals surface area contributed by atoms with Gasteiger partial charge in [-0.15, -0.1) is 0 Å². The SMILES string of the molecule is COC(=O)c1ccc(C(=O)OC)c(N2C(N)=NC(N)=NC23CCCCC3)c1. The van der Waals surface area contributed by atoms with E-state index in [1.54, 1.807) is 11.0 Å². The maximum absolute atomic E-state index is 12.4. The maximum Gasteiger partial charge on any atom is 0.339 e. The van der Waals surface area contributed by atoms with Crippen LogP contribution < -0.4 is 16.4 Å². The second-order valence-electron chi connectivity index (χ2n) is 6.53. The fourth-order valence-corrected chi connectivity index (χ4v) is 3.71. The van der Waals surface area contributed by atoms with Crippen LogP contribution in [0.2, 0.25) is 0 Å². The van der Waals surface area contributed by atoms with Gasteiger partial charge in [0.2, 0.25) is 11.9 Å². The standard InChI is InChI=1S/C18H23N5O4/c1-26-14(24)11-6-7-12(15(25)27-2)13(10-11)23-17(20)21-16(19)22-18(23)8-4-3-5-9-18/h6-7,10H,3-5,8-9H2,1-2H3,(H4,19,20,21,22). The lowest BCUT2D eigenvalue weighted by atomic mass is 9.86. The average molecular weight is 373 g/mol. The van der Waals surface area contributed by atoms with E-state index in [-0.39, 0.29) is 23.0 Å². The van der Waals surface area contributed by atoms with E-state index in [4.69, 9.17) is 20.9 Å². The Hall–Kier alpha value is -3.10. The van der Waals surface area contributed by atoms with Gasteiger partial charge in [-0.3, -0.25) is 4.90 Å². The molecule has 0 bridgehead atoms. The van der Waals surface area contributed by atoms with E-state index < -0.39 is 17.6 Å². The number of esters is 2. The number of ether oxygens (including phenoxy) is 2. The van der Waals surface area contributed by atoms with Gasteiger partial charge in [0.1, 0.15) is 5.66 Å². The van der Waals surface area contributed by atoms with Crippen LogP contribution in [0, 0.1) is 0 Å². The number of carbonyl (C=O) groups excluding carboxylic acids is 2. The van der Waals surface area contributed by atoms with Crippen LogP contribution in [0.1, 0.15) is 52.8 Å². The quantitative estimate of drug-likeness (QED) is 0.765. The van der Waals surface area contributed by atoms with Gasteiger partial charge >= 0.3 is 11.9 Å². The van der Waals surface area contributed by atoms with Crippen LogP contribution in [0.3, 0.4) is 0 Å². The monoisotopic (exact) mass is 373 g/mol. The number of benzene rings is 1. The summed E-state index contributed by atoms with van der Waals surface area (Å²) in [5.41, 5.74) is 12.3. The molecule has 3 rings (SSSR count). The van der Waals surface area contributed by atoms with Crippen LogP contribution in [0.15, 0.2) is 28.2 Å². The highest BCUT2D eigenvalue weighted by atomic mass is 16.5. The lowest BCUT2D eigenvalue weighted by molar-refractivity contribution is 0.0587. The number of guanidine groups is 2. The van der Waals surface area contributed by atoms with Crippen LogP contribution >= 0.6 is 0 Å². The van der Waals surface area contributed by atoms with Gasteiger partial charge in [0.15, 0.2) is 0 Å². The topological polar surface area (TPSA) is 133 Å². The summed E-state index contributed by atoms with van der Waals surface area (Å²) in [4.78, 5) is 34.8. The second kappa shape index (κ2) is 7.26. The Bertz CT molecular complexity index is 827. The number of aliphatic imine (C=N–C) groups is 2. The van der Waals surface area contributed by atoms with Gasteiger partial charge in [-0.1, -0.05) is 6.42 Å².